The fourth-order valence-electron chi connectivity index (χ4n) is 3.35. The number of rotatable bonds is 6. The van der Waals surface area contributed by atoms with Gasteiger partial charge in [-0.15, -0.1) is 0 Å². The first kappa shape index (κ1) is 18.7. The summed E-state index contributed by atoms with van der Waals surface area (Å²) >= 11 is 0. The Morgan fingerprint density at radius 2 is 1.93 bits per heavy atom. The summed E-state index contributed by atoms with van der Waals surface area (Å²) in [4.78, 5) is 29.0. The number of para-hydroxylation sites is 1. The second-order valence-corrected chi connectivity index (χ2v) is 6.74. The Hall–Kier alpha value is -3.68. The van der Waals surface area contributed by atoms with Crippen molar-refractivity contribution < 1.29 is 14.5 Å². The van der Waals surface area contributed by atoms with E-state index in [9.17, 15) is 9.59 Å². The van der Waals surface area contributed by atoms with Gasteiger partial charge in [-0.3, -0.25) is 9.36 Å². The summed E-state index contributed by atoms with van der Waals surface area (Å²) in [5.74, 6) is 1.15. The van der Waals surface area contributed by atoms with E-state index in [1.165, 1.54) is 9.08 Å². The summed E-state index contributed by atoms with van der Waals surface area (Å²) in [5, 5.41) is 8.05. The van der Waals surface area contributed by atoms with Crippen LogP contribution in [0, 0.1) is 0 Å². The SMILES string of the molecule is CCCc1nn2c(=O)n(CC(=O)Nc3ccc(OC)cc3)c3ccccc3c2[nH+]1. The predicted octanol–water partition coefficient (Wildman–Crippen LogP) is 2.06. The highest BCUT2D eigenvalue weighted by Gasteiger charge is 2.22. The zero-order valence-corrected chi connectivity index (χ0v) is 16.3. The molecule has 0 spiro atoms. The minimum atomic E-state index is -0.359. The van der Waals surface area contributed by atoms with Crippen molar-refractivity contribution in [3.8, 4) is 5.75 Å². The molecule has 0 atom stereocenters. The summed E-state index contributed by atoms with van der Waals surface area (Å²) in [7, 11) is 1.58. The van der Waals surface area contributed by atoms with E-state index in [0.29, 0.717) is 22.6 Å². The second-order valence-electron chi connectivity index (χ2n) is 6.74. The van der Waals surface area contributed by atoms with Gasteiger partial charge in [0.15, 0.2) is 0 Å². The zero-order valence-electron chi connectivity index (χ0n) is 16.3. The van der Waals surface area contributed by atoms with Gasteiger partial charge in [-0.1, -0.05) is 19.1 Å². The molecule has 4 aromatic rings. The summed E-state index contributed by atoms with van der Waals surface area (Å²) in [6, 6.07) is 14.5. The normalized spacial score (nSPS) is 11.1. The third-order valence-electron chi connectivity index (χ3n) is 4.72. The van der Waals surface area contributed by atoms with Crippen molar-refractivity contribution in [2.45, 2.75) is 26.3 Å². The highest BCUT2D eigenvalue weighted by molar-refractivity contribution is 5.93. The number of methoxy groups -OCH3 is 1. The summed E-state index contributed by atoms with van der Waals surface area (Å²) < 4.78 is 7.91. The number of amides is 1. The van der Waals surface area contributed by atoms with Gasteiger partial charge in [-0.05, 0) is 47.3 Å². The van der Waals surface area contributed by atoms with Gasteiger partial charge in [0.25, 0.3) is 11.5 Å². The molecule has 0 radical (unpaired) electrons. The van der Waals surface area contributed by atoms with Gasteiger partial charge in [0, 0.05) is 12.1 Å². The Morgan fingerprint density at radius 1 is 1.17 bits per heavy atom. The number of aryl methyl sites for hydroxylation is 1. The van der Waals surface area contributed by atoms with Crippen molar-refractivity contribution in [1.29, 1.82) is 0 Å². The molecule has 1 amide bonds. The number of carbonyl (C=O) groups excluding carboxylic acids is 1. The van der Waals surface area contributed by atoms with Crippen molar-refractivity contribution in [2.75, 3.05) is 12.4 Å². The molecular weight excluding hydrogens is 370 g/mol. The number of carbonyl (C=O) groups is 1. The molecule has 0 aliphatic rings. The number of anilines is 1. The first-order chi connectivity index (χ1) is 14.1. The molecule has 148 valence electrons. The van der Waals surface area contributed by atoms with E-state index in [4.69, 9.17) is 4.74 Å². The monoisotopic (exact) mass is 392 g/mol. The van der Waals surface area contributed by atoms with Crippen LogP contribution in [0.1, 0.15) is 19.2 Å². The van der Waals surface area contributed by atoms with Gasteiger partial charge in [0.05, 0.1) is 23.1 Å². The predicted molar refractivity (Wildman–Crippen MR) is 109 cm³/mol. The molecular formula is C21H22N5O3+. The van der Waals surface area contributed by atoms with E-state index < -0.39 is 0 Å². The van der Waals surface area contributed by atoms with Crippen LogP contribution in [-0.2, 0) is 17.8 Å². The molecule has 0 bridgehead atoms. The van der Waals surface area contributed by atoms with Crippen molar-refractivity contribution >= 4 is 28.1 Å². The van der Waals surface area contributed by atoms with Crippen LogP contribution in [0.4, 0.5) is 5.69 Å². The van der Waals surface area contributed by atoms with Gasteiger partial charge in [0.2, 0.25) is 5.91 Å². The van der Waals surface area contributed by atoms with Gasteiger partial charge < -0.3 is 10.1 Å². The zero-order chi connectivity index (χ0) is 20.4. The molecule has 0 fully saturated rings. The van der Waals surface area contributed by atoms with Crippen LogP contribution in [0.2, 0.25) is 0 Å². The minimum Gasteiger partial charge on any atom is -0.497 e. The van der Waals surface area contributed by atoms with Gasteiger partial charge >= 0.3 is 5.69 Å². The fraction of sp³-hybridized carbons (Fsp3) is 0.238. The smallest absolute Gasteiger partial charge is 0.424 e. The molecule has 29 heavy (non-hydrogen) atoms. The lowest BCUT2D eigenvalue weighted by atomic mass is 10.2. The summed E-state index contributed by atoms with van der Waals surface area (Å²) in [6.45, 7) is 1.93. The van der Waals surface area contributed by atoms with Gasteiger partial charge in [-0.25, -0.2) is 9.78 Å². The molecule has 2 aromatic carbocycles. The Kier molecular flexibility index (Phi) is 4.99. The van der Waals surface area contributed by atoms with E-state index in [0.717, 1.165) is 24.1 Å². The first-order valence-electron chi connectivity index (χ1n) is 9.47. The van der Waals surface area contributed by atoms with Crippen LogP contribution < -0.4 is 20.7 Å². The summed E-state index contributed by atoms with van der Waals surface area (Å²) in [5.41, 5.74) is 1.59. The number of aromatic amines is 1. The topological polar surface area (TPSA) is 91.8 Å². The number of hydrogen-bond donors (Lipinski definition) is 1. The molecule has 8 nitrogen and oxygen atoms in total. The quantitative estimate of drug-likeness (QED) is 0.544. The van der Waals surface area contributed by atoms with Crippen LogP contribution >= 0.6 is 0 Å². The molecule has 0 unspecified atom stereocenters. The number of ether oxygens (including phenoxy) is 1. The number of aromatic nitrogens is 4. The third-order valence-corrected chi connectivity index (χ3v) is 4.72. The molecule has 2 heterocycles. The van der Waals surface area contributed by atoms with E-state index in [-0.39, 0.29) is 18.1 Å². The van der Waals surface area contributed by atoms with E-state index >= 15 is 0 Å². The molecule has 0 saturated carbocycles. The fourth-order valence-corrected chi connectivity index (χ4v) is 3.35. The maximum absolute atomic E-state index is 13.1. The highest BCUT2D eigenvalue weighted by atomic mass is 16.5. The summed E-state index contributed by atoms with van der Waals surface area (Å²) in [6.07, 6.45) is 1.66. The Bertz CT molecular complexity index is 1240. The number of nitrogens with zero attached hydrogens (tertiary/aromatic N) is 3. The first-order valence-corrected chi connectivity index (χ1v) is 9.47. The average molecular weight is 392 g/mol. The number of fused-ring (bicyclic) bond motifs is 3. The highest BCUT2D eigenvalue weighted by Crippen LogP contribution is 2.17. The molecule has 8 heteroatoms. The minimum absolute atomic E-state index is 0.121. The van der Waals surface area contributed by atoms with E-state index in [1.807, 2.05) is 24.3 Å². The van der Waals surface area contributed by atoms with Crippen LogP contribution in [0.5, 0.6) is 5.75 Å². The number of nitrogens with one attached hydrogen (secondary N) is 2. The lowest BCUT2D eigenvalue weighted by Crippen LogP contribution is -2.33. The maximum Gasteiger partial charge on any atom is 0.424 e. The molecule has 2 aromatic heterocycles. The number of hydrogen-bond acceptors (Lipinski definition) is 4. The molecule has 4 rings (SSSR count). The Morgan fingerprint density at radius 3 is 2.66 bits per heavy atom. The largest absolute Gasteiger partial charge is 0.497 e. The van der Waals surface area contributed by atoms with Gasteiger partial charge in [-0.2, -0.15) is 0 Å². The van der Waals surface area contributed by atoms with Gasteiger partial charge in [0.1, 0.15) is 12.3 Å². The van der Waals surface area contributed by atoms with Crippen molar-refractivity contribution in [1.82, 2.24) is 14.2 Å². The standard InChI is InChI=1S/C21H21N5O3/c1-3-6-18-23-20-16-7-4-5-8-17(16)25(21(28)26(20)24-18)13-19(27)22-14-9-11-15(29-2)12-10-14/h4-5,7-12H,3,6,13H2,1-2H3,(H,22,27)/p+1. The van der Waals surface area contributed by atoms with E-state index in [1.54, 1.807) is 31.4 Å². The molecule has 0 aliphatic carbocycles. The van der Waals surface area contributed by atoms with E-state index in [2.05, 4.69) is 22.3 Å². The number of benzene rings is 2. The third kappa shape index (κ3) is 3.56. The van der Waals surface area contributed by atoms with Crippen molar-refractivity contribution in [2.24, 2.45) is 0 Å². The van der Waals surface area contributed by atoms with Crippen molar-refractivity contribution in [3.05, 3.63) is 64.8 Å². The lowest BCUT2D eigenvalue weighted by molar-refractivity contribution is -0.358. The van der Waals surface area contributed by atoms with Crippen LogP contribution in [0.3, 0.4) is 0 Å². The molecule has 0 aliphatic heterocycles. The maximum atomic E-state index is 13.1. The van der Waals surface area contributed by atoms with Crippen LogP contribution in [-0.4, -0.2) is 27.2 Å². The Balaban J connectivity index is 1.72. The second kappa shape index (κ2) is 7.75. The Labute approximate surface area is 166 Å². The number of H-pyrrole nitrogens is 1. The average Bonchev–Trinajstić information content (AvgIpc) is 3.16. The molecule has 2 N–H and O–H groups in total. The van der Waals surface area contributed by atoms with Crippen LogP contribution in [0.25, 0.3) is 16.6 Å². The molecule has 0 saturated heterocycles. The van der Waals surface area contributed by atoms with Crippen LogP contribution in [0.15, 0.2) is 53.3 Å². The lowest BCUT2D eigenvalue weighted by Gasteiger charge is -2.09. The van der Waals surface area contributed by atoms with Crippen molar-refractivity contribution in [3.63, 3.8) is 0 Å².